The highest BCUT2D eigenvalue weighted by atomic mass is 16.2. The molecule has 2 amide bonds. The lowest BCUT2D eigenvalue weighted by Crippen LogP contribution is -2.32. The Morgan fingerprint density at radius 3 is 2.66 bits per heavy atom. The quantitative estimate of drug-likeness (QED) is 0.541. The number of nitrogens with zero attached hydrogens (tertiary/aromatic N) is 2. The summed E-state index contributed by atoms with van der Waals surface area (Å²) in [7, 11) is 0. The second kappa shape index (κ2) is 8.99. The molecule has 1 aliphatic carbocycles. The molecule has 0 aromatic heterocycles. The molecule has 0 radical (unpaired) electrons. The van der Waals surface area contributed by atoms with Gasteiger partial charge >= 0.3 is 6.03 Å². The van der Waals surface area contributed by atoms with E-state index in [1.54, 1.807) is 0 Å². The maximum absolute atomic E-state index is 12.3. The highest BCUT2D eigenvalue weighted by Crippen LogP contribution is 2.27. The third-order valence-corrected chi connectivity index (χ3v) is 5.66. The molecule has 4 N–H and O–H groups in total. The number of urea groups is 1. The lowest BCUT2D eigenvalue weighted by Gasteiger charge is -2.19. The monoisotopic (exact) mass is 391 g/mol. The van der Waals surface area contributed by atoms with Gasteiger partial charge in [0.05, 0.1) is 6.54 Å². The predicted octanol–water partition coefficient (Wildman–Crippen LogP) is 4.12. The van der Waals surface area contributed by atoms with Crippen LogP contribution in [0.15, 0.2) is 47.5 Å². The summed E-state index contributed by atoms with van der Waals surface area (Å²) in [6.07, 6.45) is 6.86. The summed E-state index contributed by atoms with van der Waals surface area (Å²) in [5.41, 5.74) is 11.8. The fourth-order valence-corrected chi connectivity index (χ4v) is 4.12. The molecule has 0 atom stereocenters. The smallest absolute Gasteiger partial charge is 0.321 e. The average molecular weight is 392 g/mol. The number of rotatable bonds is 4. The minimum absolute atomic E-state index is 0.0295. The molecule has 29 heavy (non-hydrogen) atoms. The van der Waals surface area contributed by atoms with Crippen LogP contribution >= 0.6 is 0 Å². The number of likely N-dealkylation sites (tertiary alicyclic amines) is 1. The van der Waals surface area contributed by atoms with Crippen LogP contribution in [0.3, 0.4) is 0 Å². The Bertz CT molecular complexity index is 902. The van der Waals surface area contributed by atoms with Crippen LogP contribution in [-0.4, -0.2) is 30.0 Å². The van der Waals surface area contributed by atoms with Gasteiger partial charge in [-0.2, -0.15) is 0 Å². The van der Waals surface area contributed by atoms with E-state index >= 15 is 0 Å². The second-order valence-electron chi connectivity index (χ2n) is 7.80. The number of aryl methyl sites for hydroxylation is 1. The van der Waals surface area contributed by atoms with Gasteiger partial charge in [-0.15, -0.1) is 0 Å². The molecule has 6 heteroatoms. The molecule has 0 bridgehead atoms. The first-order valence-electron chi connectivity index (χ1n) is 10.5. The summed E-state index contributed by atoms with van der Waals surface area (Å²) in [6, 6.07) is 14.1. The van der Waals surface area contributed by atoms with Crippen molar-refractivity contribution >= 4 is 23.4 Å². The first kappa shape index (κ1) is 19.3. The van der Waals surface area contributed by atoms with E-state index in [0.29, 0.717) is 12.5 Å². The van der Waals surface area contributed by atoms with Gasteiger partial charge in [0.2, 0.25) is 0 Å². The maximum atomic E-state index is 12.3. The fourth-order valence-electron chi connectivity index (χ4n) is 4.12. The minimum Gasteiger partial charge on any atom is -0.370 e. The maximum Gasteiger partial charge on any atom is 0.321 e. The van der Waals surface area contributed by atoms with Crippen molar-refractivity contribution in [3.8, 4) is 0 Å². The van der Waals surface area contributed by atoms with Crippen molar-refractivity contribution in [3.63, 3.8) is 0 Å². The summed E-state index contributed by atoms with van der Waals surface area (Å²) in [4.78, 5) is 18.6. The average Bonchev–Trinajstić information content (AvgIpc) is 3.28. The summed E-state index contributed by atoms with van der Waals surface area (Å²) < 4.78 is 0. The van der Waals surface area contributed by atoms with Crippen molar-refractivity contribution in [2.24, 2.45) is 10.7 Å². The summed E-state index contributed by atoms with van der Waals surface area (Å²) in [5, 5.41) is 6.25. The van der Waals surface area contributed by atoms with Crippen molar-refractivity contribution in [1.29, 1.82) is 0 Å². The number of hydrogen-bond acceptors (Lipinski definition) is 2. The van der Waals surface area contributed by atoms with E-state index in [-0.39, 0.29) is 6.03 Å². The molecule has 0 unspecified atom stereocenters. The molecular weight excluding hydrogens is 362 g/mol. The number of guanidine groups is 1. The van der Waals surface area contributed by atoms with Gasteiger partial charge < -0.3 is 21.3 Å². The van der Waals surface area contributed by atoms with Gasteiger partial charge in [0.25, 0.3) is 0 Å². The molecule has 152 valence electrons. The van der Waals surface area contributed by atoms with Crippen LogP contribution in [0.1, 0.15) is 42.4 Å². The molecule has 0 saturated carbocycles. The largest absolute Gasteiger partial charge is 0.370 e. The topological polar surface area (TPSA) is 82.7 Å². The third kappa shape index (κ3) is 4.88. The van der Waals surface area contributed by atoms with Gasteiger partial charge in [-0.25, -0.2) is 9.79 Å². The Morgan fingerprint density at radius 2 is 1.79 bits per heavy atom. The van der Waals surface area contributed by atoms with Crippen LogP contribution in [0, 0.1) is 0 Å². The van der Waals surface area contributed by atoms with E-state index in [9.17, 15) is 4.79 Å². The SMILES string of the molecule is NC(=NCc1cccc(NC(=O)N2CCCC2)c1)Nc1cccc2c1CCCC2. The minimum atomic E-state index is -0.0295. The molecule has 2 aromatic carbocycles. The molecule has 1 aliphatic heterocycles. The van der Waals surface area contributed by atoms with Gasteiger partial charge in [0, 0.05) is 24.5 Å². The van der Waals surface area contributed by atoms with Crippen LogP contribution in [-0.2, 0) is 19.4 Å². The number of nitrogens with two attached hydrogens (primary N) is 1. The highest BCUT2D eigenvalue weighted by Gasteiger charge is 2.17. The van der Waals surface area contributed by atoms with Gasteiger partial charge in [0.1, 0.15) is 0 Å². The van der Waals surface area contributed by atoms with E-state index in [1.807, 2.05) is 29.2 Å². The molecule has 0 spiro atoms. The Hall–Kier alpha value is -3.02. The normalized spacial score (nSPS) is 16.4. The zero-order valence-corrected chi connectivity index (χ0v) is 16.8. The Labute approximate surface area is 172 Å². The summed E-state index contributed by atoms with van der Waals surface area (Å²) >= 11 is 0. The molecule has 6 nitrogen and oxygen atoms in total. The first-order valence-corrected chi connectivity index (χ1v) is 10.5. The molecule has 2 aromatic rings. The van der Waals surface area contributed by atoms with Gasteiger partial charge in [-0.05, 0) is 73.4 Å². The first-order chi connectivity index (χ1) is 14.2. The molecule has 2 aliphatic rings. The van der Waals surface area contributed by atoms with Crippen molar-refractivity contribution in [2.75, 3.05) is 23.7 Å². The van der Waals surface area contributed by atoms with Crippen molar-refractivity contribution in [2.45, 2.75) is 45.1 Å². The zero-order chi connectivity index (χ0) is 20.1. The van der Waals surface area contributed by atoms with E-state index in [2.05, 4.69) is 33.8 Å². The third-order valence-electron chi connectivity index (χ3n) is 5.66. The highest BCUT2D eigenvalue weighted by molar-refractivity contribution is 5.93. The van der Waals surface area contributed by atoms with Crippen LogP contribution in [0.2, 0.25) is 0 Å². The summed E-state index contributed by atoms with van der Waals surface area (Å²) in [5.74, 6) is 0.412. The van der Waals surface area contributed by atoms with E-state index in [4.69, 9.17) is 5.73 Å². The summed E-state index contributed by atoms with van der Waals surface area (Å²) in [6.45, 7) is 2.13. The van der Waals surface area contributed by atoms with E-state index in [1.165, 1.54) is 24.0 Å². The number of amides is 2. The molecule has 1 saturated heterocycles. The lowest BCUT2D eigenvalue weighted by atomic mass is 9.90. The Morgan fingerprint density at radius 1 is 1.00 bits per heavy atom. The lowest BCUT2D eigenvalue weighted by molar-refractivity contribution is 0.222. The van der Waals surface area contributed by atoms with Crippen LogP contribution < -0.4 is 16.4 Å². The Balaban J connectivity index is 1.38. The van der Waals surface area contributed by atoms with Crippen LogP contribution in [0.25, 0.3) is 0 Å². The van der Waals surface area contributed by atoms with Crippen LogP contribution in [0.4, 0.5) is 16.2 Å². The standard InChI is InChI=1S/C23H29N5O/c24-22(27-21-12-6-9-18-8-1-2-11-20(18)21)25-16-17-7-5-10-19(15-17)26-23(29)28-13-3-4-14-28/h5-7,9-10,12,15H,1-4,8,11,13-14,16H2,(H,26,29)(H3,24,25,27). The predicted molar refractivity (Wildman–Crippen MR) is 118 cm³/mol. The molecule has 1 fully saturated rings. The molecule has 4 rings (SSSR count). The van der Waals surface area contributed by atoms with Gasteiger partial charge in [-0.1, -0.05) is 24.3 Å². The number of carbonyl (C=O) groups excluding carboxylic acids is 1. The van der Waals surface area contributed by atoms with E-state index < -0.39 is 0 Å². The number of fused-ring (bicyclic) bond motifs is 1. The van der Waals surface area contributed by atoms with Crippen molar-refractivity contribution < 1.29 is 4.79 Å². The van der Waals surface area contributed by atoms with Crippen molar-refractivity contribution in [3.05, 3.63) is 59.2 Å². The van der Waals surface area contributed by atoms with Crippen molar-refractivity contribution in [1.82, 2.24) is 4.90 Å². The number of aliphatic imine (C=N–C) groups is 1. The Kier molecular flexibility index (Phi) is 5.98. The fraction of sp³-hybridized carbons (Fsp3) is 0.391. The second-order valence-corrected chi connectivity index (χ2v) is 7.80. The number of nitrogens with one attached hydrogen (secondary N) is 2. The van der Waals surface area contributed by atoms with Gasteiger partial charge in [-0.3, -0.25) is 0 Å². The molecule has 1 heterocycles. The van der Waals surface area contributed by atoms with Gasteiger partial charge in [0.15, 0.2) is 5.96 Å². The number of carbonyl (C=O) groups is 1. The van der Waals surface area contributed by atoms with Crippen LogP contribution in [0.5, 0.6) is 0 Å². The number of anilines is 2. The van der Waals surface area contributed by atoms with E-state index in [0.717, 1.165) is 55.7 Å². The zero-order valence-electron chi connectivity index (χ0n) is 16.8. The molecular formula is C23H29N5O. The number of hydrogen-bond donors (Lipinski definition) is 3. The number of benzene rings is 2.